The SMILES string of the molecule is CN(C(=O)c1ccncc1C#CCN)C1CC1. The van der Waals surface area contributed by atoms with Gasteiger partial charge in [-0.2, -0.15) is 0 Å². The van der Waals surface area contributed by atoms with Crippen LogP contribution < -0.4 is 5.73 Å². The third-order valence-electron chi connectivity index (χ3n) is 2.79. The van der Waals surface area contributed by atoms with Crippen LogP contribution in [0.25, 0.3) is 0 Å². The number of amides is 1. The largest absolute Gasteiger partial charge is 0.339 e. The zero-order valence-corrected chi connectivity index (χ0v) is 9.81. The van der Waals surface area contributed by atoms with Gasteiger partial charge in [0.1, 0.15) is 0 Å². The summed E-state index contributed by atoms with van der Waals surface area (Å²) in [6, 6.07) is 2.10. The number of hydrogen-bond donors (Lipinski definition) is 1. The quantitative estimate of drug-likeness (QED) is 0.756. The molecule has 0 saturated heterocycles. The highest BCUT2D eigenvalue weighted by atomic mass is 16.2. The lowest BCUT2D eigenvalue weighted by Gasteiger charge is -2.16. The van der Waals surface area contributed by atoms with Gasteiger partial charge in [0.05, 0.1) is 17.7 Å². The van der Waals surface area contributed by atoms with E-state index < -0.39 is 0 Å². The Bertz CT molecular complexity index is 483. The first-order valence-electron chi connectivity index (χ1n) is 5.64. The van der Waals surface area contributed by atoms with Gasteiger partial charge in [-0.15, -0.1) is 0 Å². The van der Waals surface area contributed by atoms with Gasteiger partial charge in [0, 0.05) is 25.5 Å². The maximum absolute atomic E-state index is 12.2. The van der Waals surface area contributed by atoms with E-state index in [0.29, 0.717) is 17.2 Å². The van der Waals surface area contributed by atoms with E-state index in [1.165, 1.54) is 0 Å². The maximum Gasteiger partial charge on any atom is 0.255 e. The smallest absolute Gasteiger partial charge is 0.255 e. The van der Waals surface area contributed by atoms with E-state index >= 15 is 0 Å². The fourth-order valence-electron chi connectivity index (χ4n) is 1.64. The average molecular weight is 229 g/mol. The first-order valence-corrected chi connectivity index (χ1v) is 5.64. The van der Waals surface area contributed by atoms with Gasteiger partial charge >= 0.3 is 0 Å². The van der Waals surface area contributed by atoms with Crippen LogP contribution >= 0.6 is 0 Å². The first-order chi connectivity index (χ1) is 8.24. The summed E-state index contributed by atoms with van der Waals surface area (Å²) >= 11 is 0. The van der Waals surface area contributed by atoms with Crippen LogP contribution in [0.5, 0.6) is 0 Å². The molecule has 17 heavy (non-hydrogen) atoms. The fraction of sp³-hybridized carbons (Fsp3) is 0.385. The molecule has 0 aromatic carbocycles. The lowest BCUT2D eigenvalue weighted by atomic mass is 10.1. The van der Waals surface area contributed by atoms with Crippen molar-refractivity contribution in [2.45, 2.75) is 18.9 Å². The van der Waals surface area contributed by atoms with Gasteiger partial charge in [-0.25, -0.2) is 0 Å². The molecule has 2 rings (SSSR count). The summed E-state index contributed by atoms with van der Waals surface area (Å²) in [6.07, 6.45) is 5.41. The molecule has 0 atom stereocenters. The molecule has 1 saturated carbocycles. The number of hydrogen-bond acceptors (Lipinski definition) is 3. The highest BCUT2D eigenvalue weighted by molar-refractivity contribution is 5.96. The number of nitrogens with two attached hydrogens (primary N) is 1. The molecule has 4 nitrogen and oxygen atoms in total. The van der Waals surface area contributed by atoms with Gasteiger partial charge in [-0.05, 0) is 18.9 Å². The summed E-state index contributed by atoms with van der Waals surface area (Å²) < 4.78 is 0. The molecule has 88 valence electrons. The Morgan fingerprint density at radius 1 is 1.65 bits per heavy atom. The molecule has 1 aliphatic rings. The van der Waals surface area contributed by atoms with E-state index in [4.69, 9.17) is 5.73 Å². The molecule has 1 heterocycles. The van der Waals surface area contributed by atoms with E-state index in [2.05, 4.69) is 16.8 Å². The molecule has 1 aromatic heterocycles. The predicted molar refractivity (Wildman–Crippen MR) is 65.3 cm³/mol. The zero-order valence-electron chi connectivity index (χ0n) is 9.81. The van der Waals surface area contributed by atoms with E-state index in [-0.39, 0.29) is 12.5 Å². The van der Waals surface area contributed by atoms with Crippen molar-refractivity contribution in [2.75, 3.05) is 13.6 Å². The molecule has 0 spiro atoms. The van der Waals surface area contributed by atoms with Gasteiger partial charge < -0.3 is 10.6 Å². The molecule has 1 aliphatic carbocycles. The number of rotatable bonds is 2. The molecular weight excluding hydrogens is 214 g/mol. The van der Waals surface area contributed by atoms with Crippen LogP contribution in [0.1, 0.15) is 28.8 Å². The summed E-state index contributed by atoms with van der Waals surface area (Å²) in [7, 11) is 1.83. The molecular formula is C13H15N3O. The maximum atomic E-state index is 12.2. The summed E-state index contributed by atoms with van der Waals surface area (Å²) in [5.74, 6) is 5.64. The molecule has 0 unspecified atom stereocenters. The summed E-state index contributed by atoms with van der Waals surface area (Å²) in [5.41, 5.74) is 6.59. The van der Waals surface area contributed by atoms with Crippen LogP contribution in [0.3, 0.4) is 0 Å². The molecule has 0 bridgehead atoms. The summed E-state index contributed by atoms with van der Waals surface area (Å²) in [6.45, 7) is 0.279. The summed E-state index contributed by atoms with van der Waals surface area (Å²) in [5, 5.41) is 0. The number of carbonyl (C=O) groups is 1. The van der Waals surface area contributed by atoms with Crippen molar-refractivity contribution in [1.29, 1.82) is 0 Å². The number of nitrogens with zero attached hydrogens (tertiary/aromatic N) is 2. The Morgan fingerprint density at radius 2 is 2.41 bits per heavy atom. The number of carbonyl (C=O) groups excluding carboxylic acids is 1. The second kappa shape index (κ2) is 4.98. The molecule has 2 N–H and O–H groups in total. The Balaban J connectivity index is 2.27. The Hall–Kier alpha value is -1.86. The third kappa shape index (κ3) is 2.63. The topological polar surface area (TPSA) is 59.2 Å². The van der Waals surface area contributed by atoms with Gasteiger partial charge in [0.2, 0.25) is 0 Å². The second-order valence-electron chi connectivity index (χ2n) is 4.07. The minimum Gasteiger partial charge on any atom is -0.339 e. The summed E-state index contributed by atoms with van der Waals surface area (Å²) in [4.78, 5) is 18.0. The van der Waals surface area contributed by atoms with E-state index in [1.807, 2.05) is 7.05 Å². The molecule has 1 aromatic rings. The lowest BCUT2D eigenvalue weighted by molar-refractivity contribution is 0.0784. The minimum absolute atomic E-state index is 0.0104. The minimum atomic E-state index is 0.0104. The molecule has 0 aliphatic heterocycles. The van der Waals surface area contributed by atoms with Gasteiger partial charge in [0.25, 0.3) is 5.91 Å². The third-order valence-corrected chi connectivity index (χ3v) is 2.79. The van der Waals surface area contributed by atoms with Crippen LogP contribution in [0.2, 0.25) is 0 Å². The van der Waals surface area contributed by atoms with E-state index in [1.54, 1.807) is 23.4 Å². The van der Waals surface area contributed by atoms with E-state index in [9.17, 15) is 4.79 Å². The Morgan fingerprint density at radius 3 is 3.06 bits per heavy atom. The Labute approximate surface area is 101 Å². The van der Waals surface area contributed by atoms with Crippen molar-refractivity contribution in [3.05, 3.63) is 29.6 Å². The van der Waals surface area contributed by atoms with Crippen molar-refractivity contribution in [1.82, 2.24) is 9.88 Å². The van der Waals surface area contributed by atoms with Crippen molar-refractivity contribution < 1.29 is 4.79 Å². The number of aromatic nitrogens is 1. The highest BCUT2D eigenvalue weighted by Gasteiger charge is 2.30. The number of pyridine rings is 1. The van der Waals surface area contributed by atoms with Gasteiger partial charge in [-0.3, -0.25) is 9.78 Å². The zero-order chi connectivity index (χ0) is 12.3. The average Bonchev–Trinajstić information content (AvgIpc) is 3.19. The predicted octanol–water partition coefficient (Wildman–Crippen LogP) is 0.626. The Kier molecular flexibility index (Phi) is 3.40. The first kappa shape index (κ1) is 11.6. The normalized spacial score (nSPS) is 13.8. The van der Waals surface area contributed by atoms with Crippen molar-refractivity contribution in [3.8, 4) is 11.8 Å². The van der Waals surface area contributed by atoms with Gasteiger partial charge in [-0.1, -0.05) is 11.8 Å². The van der Waals surface area contributed by atoms with Crippen molar-refractivity contribution >= 4 is 5.91 Å². The van der Waals surface area contributed by atoms with Crippen molar-refractivity contribution in [2.24, 2.45) is 5.73 Å². The molecule has 1 amide bonds. The highest BCUT2D eigenvalue weighted by Crippen LogP contribution is 2.27. The van der Waals surface area contributed by atoms with Crippen LogP contribution in [0.15, 0.2) is 18.5 Å². The second-order valence-corrected chi connectivity index (χ2v) is 4.07. The van der Waals surface area contributed by atoms with Crippen LogP contribution in [-0.2, 0) is 0 Å². The standard InChI is InChI=1S/C13H15N3O/c1-16(11-4-5-11)13(17)12-6-8-15-9-10(12)3-2-7-14/h6,8-9,11H,4-5,7,14H2,1H3. The molecule has 0 radical (unpaired) electrons. The van der Waals surface area contributed by atoms with Crippen LogP contribution in [0.4, 0.5) is 0 Å². The molecule has 1 fully saturated rings. The molecule has 4 heteroatoms. The van der Waals surface area contributed by atoms with E-state index in [0.717, 1.165) is 12.8 Å². The van der Waals surface area contributed by atoms with Crippen LogP contribution in [0, 0.1) is 11.8 Å². The lowest BCUT2D eigenvalue weighted by Crippen LogP contribution is -2.29. The van der Waals surface area contributed by atoms with Gasteiger partial charge in [0.15, 0.2) is 0 Å². The van der Waals surface area contributed by atoms with Crippen LogP contribution in [-0.4, -0.2) is 35.4 Å². The van der Waals surface area contributed by atoms with Crippen molar-refractivity contribution in [3.63, 3.8) is 0 Å². The fourth-order valence-corrected chi connectivity index (χ4v) is 1.64. The monoisotopic (exact) mass is 229 g/mol.